The van der Waals surface area contributed by atoms with Gasteiger partial charge in [0.15, 0.2) is 6.10 Å². The summed E-state index contributed by atoms with van der Waals surface area (Å²) in [5.74, 6) is -0.929. The van der Waals surface area contributed by atoms with Crippen LogP contribution in [0.3, 0.4) is 0 Å². The summed E-state index contributed by atoms with van der Waals surface area (Å²) in [5.41, 5.74) is 0. The molecule has 0 aromatic rings. The smallest absolute Gasteiger partial charge is 0.306 e. The second kappa shape index (κ2) is 66.6. The van der Waals surface area contributed by atoms with Gasteiger partial charge in [0.25, 0.3) is 0 Å². The summed E-state index contributed by atoms with van der Waals surface area (Å²) < 4.78 is 16.9. The fraction of sp³-hybridized carbons (Fsp3) is 0.712. The van der Waals surface area contributed by atoms with Gasteiger partial charge in [-0.15, -0.1) is 0 Å². The SMILES string of the molecule is CC/C=C\C/C=C\C/C=C\C/C=C\C/C=C\CCCCCCCCCCCC(=O)OCC(COC(=O)CCCC/C=C\C/C=C\C/C=C\C/C=C\CC)OC(=O)CCCCCCCCCCCCCCCCCCCCCCC. The van der Waals surface area contributed by atoms with Crippen LogP contribution in [0.2, 0.25) is 0 Å². The predicted octanol–water partition coefficient (Wildman–Crippen LogP) is 23.0. The van der Waals surface area contributed by atoms with Crippen LogP contribution in [-0.4, -0.2) is 37.2 Å². The molecular formula is C73H124O6. The molecule has 0 spiro atoms. The minimum Gasteiger partial charge on any atom is -0.462 e. The van der Waals surface area contributed by atoms with Crippen LogP contribution in [-0.2, 0) is 28.6 Å². The molecular weight excluding hydrogens is 973 g/mol. The Morgan fingerprint density at radius 2 is 0.494 bits per heavy atom. The molecule has 0 aliphatic rings. The van der Waals surface area contributed by atoms with Crippen molar-refractivity contribution in [3.63, 3.8) is 0 Å². The molecule has 6 nitrogen and oxygen atoms in total. The molecule has 0 saturated heterocycles. The van der Waals surface area contributed by atoms with Crippen LogP contribution in [0.25, 0.3) is 0 Å². The maximum absolute atomic E-state index is 12.9. The topological polar surface area (TPSA) is 78.9 Å². The van der Waals surface area contributed by atoms with Crippen LogP contribution < -0.4 is 0 Å². The number of ether oxygens (including phenoxy) is 3. The van der Waals surface area contributed by atoms with Crippen molar-refractivity contribution in [2.24, 2.45) is 0 Å². The minimum absolute atomic E-state index is 0.0932. The van der Waals surface area contributed by atoms with E-state index < -0.39 is 6.10 Å². The van der Waals surface area contributed by atoms with Gasteiger partial charge in [-0.2, -0.15) is 0 Å². The molecule has 0 amide bonds. The monoisotopic (exact) mass is 1100 g/mol. The van der Waals surface area contributed by atoms with E-state index >= 15 is 0 Å². The Morgan fingerprint density at radius 3 is 0.797 bits per heavy atom. The predicted molar refractivity (Wildman–Crippen MR) is 343 cm³/mol. The number of allylic oxidation sites excluding steroid dienone is 18. The van der Waals surface area contributed by atoms with E-state index in [0.717, 1.165) is 122 Å². The standard InChI is InChI=1S/C73H124O6/c1-4-7-10-13-16-19-22-25-28-30-32-34-35-36-37-39-40-42-45-48-51-54-57-60-63-66-72(75)78-69-70(68-77-71(74)65-62-59-56-53-50-47-44-27-24-21-18-15-12-9-6-3)79-73(76)67-64-61-58-55-52-49-46-43-41-38-33-31-29-26-23-20-17-14-11-8-5-2/h7,9-10,12,16,18-19,21,25,27-28,32,34,36-37,44,50,53,70H,4-6,8,11,13-15,17,20,22-24,26,29-31,33,35,38-43,45-49,51-52,54-69H2,1-3H3/b10-7-,12-9-,19-16-,21-18-,28-25-,34-32-,37-36-,44-27-,53-50-. The summed E-state index contributed by atoms with van der Waals surface area (Å²) in [6.07, 6.45) is 91.1. The third kappa shape index (κ3) is 64.8. The summed E-state index contributed by atoms with van der Waals surface area (Å²) in [6, 6.07) is 0. The largest absolute Gasteiger partial charge is 0.462 e. The number of esters is 3. The van der Waals surface area contributed by atoms with Gasteiger partial charge in [0.2, 0.25) is 0 Å². The van der Waals surface area contributed by atoms with Gasteiger partial charge in [0.1, 0.15) is 13.2 Å². The lowest BCUT2D eigenvalue weighted by molar-refractivity contribution is -0.167. The molecule has 0 saturated carbocycles. The molecule has 0 heterocycles. The van der Waals surface area contributed by atoms with Gasteiger partial charge in [0, 0.05) is 19.3 Å². The highest BCUT2D eigenvalue weighted by atomic mass is 16.6. The van der Waals surface area contributed by atoms with Gasteiger partial charge in [-0.3, -0.25) is 14.4 Å². The van der Waals surface area contributed by atoms with Crippen LogP contribution in [0, 0.1) is 0 Å². The lowest BCUT2D eigenvalue weighted by Gasteiger charge is -2.18. The fourth-order valence-corrected chi connectivity index (χ4v) is 9.35. The lowest BCUT2D eigenvalue weighted by Crippen LogP contribution is -2.30. The number of carbonyl (C=O) groups is 3. The van der Waals surface area contributed by atoms with Gasteiger partial charge < -0.3 is 14.2 Å². The van der Waals surface area contributed by atoms with E-state index in [0.29, 0.717) is 19.3 Å². The van der Waals surface area contributed by atoms with Crippen LogP contribution in [0.4, 0.5) is 0 Å². The second-order valence-electron chi connectivity index (χ2n) is 22.0. The molecule has 452 valence electrons. The minimum atomic E-state index is -0.799. The average Bonchev–Trinajstić information content (AvgIpc) is 3.45. The summed E-state index contributed by atoms with van der Waals surface area (Å²) >= 11 is 0. The summed E-state index contributed by atoms with van der Waals surface area (Å²) in [5, 5.41) is 0. The van der Waals surface area contributed by atoms with Gasteiger partial charge in [-0.1, -0.05) is 304 Å². The normalized spacial score (nSPS) is 12.8. The highest BCUT2D eigenvalue weighted by molar-refractivity contribution is 5.71. The Kier molecular flexibility index (Phi) is 63.3. The third-order valence-electron chi connectivity index (χ3n) is 14.3. The third-order valence-corrected chi connectivity index (χ3v) is 14.3. The second-order valence-corrected chi connectivity index (χ2v) is 22.0. The fourth-order valence-electron chi connectivity index (χ4n) is 9.35. The van der Waals surface area contributed by atoms with E-state index in [1.807, 2.05) is 0 Å². The number of hydrogen-bond acceptors (Lipinski definition) is 6. The molecule has 0 aliphatic carbocycles. The van der Waals surface area contributed by atoms with Crippen LogP contribution >= 0.6 is 0 Å². The van der Waals surface area contributed by atoms with E-state index in [2.05, 4.69) is 130 Å². The molecule has 0 aromatic heterocycles. The Balaban J connectivity index is 4.38. The van der Waals surface area contributed by atoms with Crippen LogP contribution in [0.5, 0.6) is 0 Å². The summed E-state index contributed by atoms with van der Waals surface area (Å²) in [7, 11) is 0. The van der Waals surface area contributed by atoms with Crippen molar-refractivity contribution in [3.05, 3.63) is 109 Å². The van der Waals surface area contributed by atoms with Crippen molar-refractivity contribution < 1.29 is 28.6 Å². The van der Waals surface area contributed by atoms with Crippen molar-refractivity contribution in [3.8, 4) is 0 Å². The van der Waals surface area contributed by atoms with Gasteiger partial charge in [-0.25, -0.2) is 0 Å². The van der Waals surface area contributed by atoms with Crippen molar-refractivity contribution in [2.75, 3.05) is 13.2 Å². The first-order valence-corrected chi connectivity index (χ1v) is 33.4. The molecule has 6 heteroatoms. The zero-order chi connectivity index (χ0) is 57.1. The Labute approximate surface area is 489 Å². The Morgan fingerprint density at radius 1 is 0.266 bits per heavy atom. The molecule has 0 bridgehead atoms. The first-order chi connectivity index (χ1) is 39.0. The van der Waals surface area contributed by atoms with E-state index in [-0.39, 0.29) is 31.1 Å². The molecule has 0 rings (SSSR count). The van der Waals surface area contributed by atoms with Crippen molar-refractivity contribution in [2.45, 2.75) is 322 Å². The van der Waals surface area contributed by atoms with Crippen molar-refractivity contribution in [1.29, 1.82) is 0 Å². The number of rotatable bonds is 60. The molecule has 1 atom stereocenters. The lowest BCUT2D eigenvalue weighted by atomic mass is 10.0. The maximum Gasteiger partial charge on any atom is 0.306 e. The molecule has 0 fully saturated rings. The number of hydrogen-bond donors (Lipinski definition) is 0. The van der Waals surface area contributed by atoms with E-state index in [1.165, 1.54) is 154 Å². The highest BCUT2D eigenvalue weighted by Gasteiger charge is 2.19. The Hall–Kier alpha value is -3.93. The molecule has 1 unspecified atom stereocenters. The Bertz CT molecular complexity index is 1590. The summed E-state index contributed by atoms with van der Waals surface area (Å²) in [6.45, 7) is 6.41. The number of carbonyl (C=O) groups excluding carboxylic acids is 3. The van der Waals surface area contributed by atoms with Crippen LogP contribution in [0.1, 0.15) is 316 Å². The zero-order valence-electron chi connectivity index (χ0n) is 51.9. The molecule has 0 radical (unpaired) electrons. The van der Waals surface area contributed by atoms with Crippen LogP contribution in [0.15, 0.2) is 109 Å². The van der Waals surface area contributed by atoms with E-state index in [1.54, 1.807) is 0 Å². The van der Waals surface area contributed by atoms with Gasteiger partial charge >= 0.3 is 17.9 Å². The average molecular weight is 1100 g/mol. The molecule has 79 heavy (non-hydrogen) atoms. The van der Waals surface area contributed by atoms with Gasteiger partial charge in [-0.05, 0) is 103 Å². The summed E-state index contributed by atoms with van der Waals surface area (Å²) in [4.78, 5) is 38.4. The zero-order valence-corrected chi connectivity index (χ0v) is 51.9. The highest BCUT2D eigenvalue weighted by Crippen LogP contribution is 2.17. The molecule has 0 aliphatic heterocycles. The molecule has 0 aromatic carbocycles. The molecule has 0 N–H and O–H groups in total. The first kappa shape index (κ1) is 75.1. The quantitative estimate of drug-likeness (QED) is 0.0261. The van der Waals surface area contributed by atoms with Crippen molar-refractivity contribution >= 4 is 17.9 Å². The number of unbranched alkanes of at least 4 members (excludes halogenated alkanes) is 31. The van der Waals surface area contributed by atoms with Crippen molar-refractivity contribution in [1.82, 2.24) is 0 Å². The van der Waals surface area contributed by atoms with Gasteiger partial charge in [0.05, 0.1) is 0 Å². The maximum atomic E-state index is 12.9. The van der Waals surface area contributed by atoms with E-state index in [4.69, 9.17) is 14.2 Å². The van der Waals surface area contributed by atoms with E-state index in [9.17, 15) is 14.4 Å². The first-order valence-electron chi connectivity index (χ1n) is 33.4.